The molecular weight excluding hydrogens is 232 g/mol. The van der Waals surface area contributed by atoms with Crippen LogP contribution >= 0.6 is 0 Å². The Morgan fingerprint density at radius 1 is 1.33 bits per heavy atom. The van der Waals surface area contributed by atoms with Gasteiger partial charge in [0, 0.05) is 13.1 Å². The molecule has 2 amide bonds. The molecule has 0 aliphatic heterocycles. The average Bonchev–Trinajstić information content (AvgIpc) is 2.99. The maximum absolute atomic E-state index is 11.9. The van der Waals surface area contributed by atoms with Gasteiger partial charge in [-0.15, -0.1) is 0 Å². The monoisotopic (exact) mass is 254 g/mol. The largest absolute Gasteiger partial charge is 0.389 e. The van der Waals surface area contributed by atoms with Crippen molar-refractivity contribution in [2.45, 2.75) is 56.6 Å². The molecule has 0 aromatic rings. The van der Waals surface area contributed by atoms with Crippen LogP contribution in [0.5, 0.6) is 0 Å². The van der Waals surface area contributed by atoms with Gasteiger partial charge in [-0.3, -0.25) is 9.59 Å². The fourth-order valence-corrected chi connectivity index (χ4v) is 2.43. The van der Waals surface area contributed by atoms with Crippen LogP contribution in [0.1, 0.15) is 44.9 Å². The van der Waals surface area contributed by atoms with Crippen molar-refractivity contribution in [1.82, 2.24) is 10.2 Å². The number of nitrogens with zero attached hydrogens (tertiary/aromatic N) is 1. The first-order chi connectivity index (χ1) is 8.48. The lowest BCUT2D eigenvalue weighted by Crippen LogP contribution is -2.42. The summed E-state index contributed by atoms with van der Waals surface area (Å²) in [5.41, 5.74) is -0.835. The number of nitrogens with one attached hydrogen (secondary N) is 1. The third kappa shape index (κ3) is 3.70. The van der Waals surface area contributed by atoms with Crippen LogP contribution in [0.4, 0.5) is 0 Å². The molecule has 0 bridgehead atoms. The summed E-state index contributed by atoms with van der Waals surface area (Å²) in [4.78, 5) is 24.9. The highest BCUT2D eigenvalue weighted by molar-refractivity contribution is 5.85. The molecule has 2 aliphatic rings. The molecule has 0 spiro atoms. The second-order valence-corrected chi connectivity index (χ2v) is 5.70. The van der Waals surface area contributed by atoms with E-state index in [2.05, 4.69) is 5.32 Å². The first-order valence-electron chi connectivity index (χ1n) is 6.74. The van der Waals surface area contributed by atoms with Crippen molar-refractivity contribution in [3.63, 3.8) is 0 Å². The first kappa shape index (κ1) is 13.3. The Hall–Kier alpha value is -1.10. The molecule has 0 saturated heterocycles. The third-order valence-corrected chi connectivity index (χ3v) is 3.76. The molecule has 0 unspecified atom stereocenters. The van der Waals surface area contributed by atoms with E-state index in [1.807, 2.05) is 0 Å². The highest BCUT2D eigenvalue weighted by atomic mass is 16.3. The van der Waals surface area contributed by atoms with Gasteiger partial charge in [0.05, 0.1) is 18.6 Å². The van der Waals surface area contributed by atoms with Crippen molar-refractivity contribution in [3.05, 3.63) is 0 Å². The lowest BCUT2D eigenvalue weighted by Gasteiger charge is -2.25. The molecule has 0 aromatic heterocycles. The van der Waals surface area contributed by atoms with Crippen molar-refractivity contribution < 1.29 is 14.7 Å². The van der Waals surface area contributed by atoms with Crippen LogP contribution in [-0.2, 0) is 9.59 Å². The molecular formula is C13H22N2O3. The smallest absolute Gasteiger partial charge is 0.239 e. The molecule has 2 fully saturated rings. The van der Waals surface area contributed by atoms with Gasteiger partial charge in [0.1, 0.15) is 0 Å². The predicted octanol–water partition coefficient (Wildman–Crippen LogP) is 0.419. The van der Waals surface area contributed by atoms with E-state index < -0.39 is 5.60 Å². The van der Waals surface area contributed by atoms with E-state index in [1.165, 1.54) is 4.90 Å². The number of carbonyl (C=O) groups is 2. The van der Waals surface area contributed by atoms with Gasteiger partial charge in [0.15, 0.2) is 0 Å². The summed E-state index contributed by atoms with van der Waals surface area (Å²) >= 11 is 0. The van der Waals surface area contributed by atoms with E-state index in [0.29, 0.717) is 18.9 Å². The topological polar surface area (TPSA) is 69.6 Å². The number of hydrogen-bond acceptors (Lipinski definition) is 3. The van der Waals surface area contributed by atoms with Crippen molar-refractivity contribution >= 4 is 11.8 Å². The molecule has 2 N–H and O–H groups in total. The van der Waals surface area contributed by atoms with E-state index in [-0.39, 0.29) is 24.8 Å². The standard InChI is InChI=1S/C13H22N2O3/c1-15(9-11(16)14-10-4-5-10)12(17)8-13(18)6-2-3-7-13/h10,18H,2-9H2,1H3,(H,14,16). The summed E-state index contributed by atoms with van der Waals surface area (Å²) in [7, 11) is 1.62. The Labute approximate surface area is 108 Å². The van der Waals surface area contributed by atoms with Crippen LogP contribution in [0.25, 0.3) is 0 Å². The summed E-state index contributed by atoms with van der Waals surface area (Å²) in [5.74, 6) is -0.253. The van der Waals surface area contributed by atoms with Crippen LogP contribution in [-0.4, -0.2) is 47.1 Å². The lowest BCUT2D eigenvalue weighted by molar-refractivity contribution is -0.138. The van der Waals surface area contributed by atoms with Crippen molar-refractivity contribution in [3.8, 4) is 0 Å². The van der Waals surface area contributed by atoms with Crippen molar-refractivity contribution in [2.75, 3.05) is 13.6 Å². The highest BCUT2D eigenvalue weighted by Gasteiger charge is 2.34. The number of rotatable bonds is 5. The maximum Gasteiger partial charge on any atom is 0.239 e. The maximum atomic E-state index is 11.9. The molecule has 18 heavy (non-hydrogen) atoms. The molecule has 102 valence electrons. The number of amides is 2. The van der Waals surface area contributed by atoms with Gasteiger partial charge in [0.2, 0.25) is 11.8 Å². The minimum atomic E-state index is -0.835. The summed E-state index contributed by atoms with van der Waals surface area (Å²) < 4.78 is 0. The quantitative estimate of drug-likeness (QED) is 0.747. The van der Waals surface area contributed by atoms with Crippen molar-refractivity contribution in [2.24, 2.45) is 0 Å². The van der Waals surface area contributed by atoms with E-state index in [9.17, 15) is 14.7 Å². The number of likely N-dealkylation sites (N-methyl/N-ethyl adjacent to an activating group) is 1. The molecule has 2 saturated carbocycles. The molecule has 5 nitrogen and oxygen atoms in total. The molecule has 0 atom stereocenters. The Morgan fingerprint density at radius 2 is 1.94 bits per heavy atom. The van der Waals surface area contributed by atoms with E-state index in [0.717, 1.165) is 25.7 Å². The Kier molecular flexibility index (Phi) is 3.90. The second-order valence-electron chi connectivity index (χ2n) is 5.70. The fourth-order valence-electron chi connectivity index (χ4n) is 2.43. The van der Waals surface area contributed by atoms with E-state index in [1.54, 1.807) is 7.05 Å². The fraction of sp³-hybridized carbons (Fsp3) is 0.846. The summed E-state index contributed by atoms with van der Waals surface area (Å²) in [6.07, 6.45) is 5.58. The van der Waals surface area contributed by atoms with E-state index >= 15 is 0 Å². The minimum absolute atomic E-state index is 0.0887. The highest BCUT2D eigenvalue weighted by Crippen LogP contribution is 2.32. The van der Waals surface area contributed by atoms with Gasteiger partial charge in [-0.1, -0.05) is 12.8 Å². The first-order valence-corrected chi connectivity index (χ1v) is 6.74. The van der Waals surface area contributed by atoms with Gasteiger partial charge in [-0.2, -0.15) is 0 Å². The molecule has 0 radical (unpaired) electrons. The summed E-state index contributed by atoms with van der Waals surface area (Å²) in [6, 6.07) is 0.319. The number of aliphatic hydroxyl groups is 1. The van der Waals surface area contributed by atoms with Gasteiger partial charge < -0.3 is 15.3 Å². The number of hydrogen-bond donors (Lipinski definition) is 2. The molecule has 0 heterocycles. The zero-order valence-electron chi connectivity index (χ0n) is 10.9. The third-order valence-electron chi connectivity index (χ3n) is 3.76. The van der Waals surface area contributed by atoms with Gasteiger partial charge in [0.25, 0.3) is 0 Å². The zero-order chi connectivity index (χ0) is 13.2. The summed E-state index contributed by atoms with van der Waals surface area (Å²) in [6.45, 7) is 0.0887. The predicted molar refractivity (Wildman–Crippen MR) is 66.8 cm³/mol. The summed E-state index contributed by atoms with van der Waals surface area (Å²) in [5, 5.41) is 13.0. The van der Waals surface area contributed by atoms with Crippen LogP contribution in [0.15, 0.2) is 0 Å². The molecule has 2 rings (SSSR count). The van der Waals surface area contributed by atoms with Gasteiger partial charge in [-0.25, -0.2) is 0 Å². The van der Waals surface area contributed by atoms with Crippen LogP contribution in [0.3, 0.4) is 0 Å². The van der Waals surface area contributed by atoms with E-state index in [4.69, 9.17) is 0 Å². The van der Waals surface area contributed by atoms with Gasteiger partial charge >= 0.3 is 0 Å². The van der Waals surface area contributed by atoms with Crippen LogP contribution in [0.2, 0.25) is 0 Å². The van der Waals surface area contributed by atoms with Crippen LogP contribution < -0.4 is 5.32 Å². The minimum Gasteiger partial charge on any atom is -0.389 e. The zero-order valence-corrected chi connectivity index (χ0v) is 10.9. The molecule has 5 heteroatoms. The Morgan fingerprint density at radius 3 is 2.50 bits per heavy atom. The lowest BCUT2D eigenvalue weighted by atomic mass is 9.97. The Balaban J connectivity index is 1.74. The molecule has 0 aromatic carbocycles. The number of carbonyl (C=O) groups excluding carboxylic acids is 2. The normalized spacial score (nSPS) is 21.7. The molecule has 2 aliphatic carbocycles. The van der Waals surface area contributed by atoms with Gasteiger partial charge in [-0.05, 0) is 25.7 Å². The second kappa shape index (κ2) is 5.26. The SMILES string of the molecule is CN(CC(=O)NC1CC1)C(=O)CC1(O)CCCC1. The van der Waals surface area contributed by atoms with Crippen molar-refractivity contribution in [1.29, 1.82) is 0 Å². The average molecular weight is 254 g/mol. The Bertz CT molecular complexity index is 333. The van der Waals surface area contributed by atoms with Crippen LogP contribution in [0, 0.1) is 0 Å².